The number of carbonyl (C=O) groups excluding carboxylic acids is 1. The van der Waals surface area contributed by atoms with E-state index in [1.54, 1.807) is 24.3 Å². The van der Waals surface area contributed by atoms with Crippen molar-refractivity contribution in [3.8, 4) is 0 Å². The van der Waals surface area contributed by atoms with Gasteiger partial charge in [-0.25, -0.2) is 13.2 Å². The van der Waals surface area contributed by atoms with E-state index in [0.29, 0.717) is 23.9 Å². The molecule has 1 aromatic carbocycles. The number of hydrogen-bond donors (Lipinski definition) is 0. The summed E-state index contributed by atoms with van der Waals surface area (Å²) in [5, 5.41) is 0.667. The fourth-order valence-electron chi connectivity index (χ4n) is 3.17. The number of sulfone groups is 1. The van der Waals surface area contributed by atoms with Gasteiger partial charge in [0.15, 0.2) is 9.84 Å². The lowest BCUT2D eigenvalue weighted by molar-refractivity contribution is 0.0690. The maximum atomic E-state index is 13.0. The smallest absolute Gasteiger partial charge is 0.349 e. The summed E-state index contributed by atoms with van der Waals surface area (Å²) < 4.78 is 28.9. The number of para-hydroxylation sites is 1. The molecule has 134 valence electrons. The predicted molar refractivity (Wildman–Crippen MR) is 95.5 cm³/mol. The van der Waals surface area contributed by atoms with Gasteiger partial charge in [0, 0.05) is 18.0 Å². The Kier molecular flexibility index (Phi) is 4.94. The number of benzene rings is 1. The summed E-state index contributed by atoms with van der Waals surface area (Å²) in [5.74, 6) is -0.406. The van der Waals surface area contributed by atoms with Crippen LogP contribution >= 0.6 is 0 Å². The molecule has 0 radical (unpaired) electrons. The van der Waals surface area contributed by atoms with Crippen LogP contribution in [0.15, 0.2) is 39.5 Å². The molecule has 3 rings (SSSR count). The molecule has 0 bridgehead atoms. The second-order valence-electron chi connectivity index (χ2n) is 6.39. The van der Waals surface area contributed by atoms with Crippen LogP contribution in [0.1, 0.15) is 36.5 Å². The third-order valence-corrected chi connectivity index (χ3v) is 6.28. The number of carbonyl (C=O) groups is 1. The molecule has 1 aliphatic rings. The minimum Gasteiger partial charge on any atom is -0.422 e. The molecule has 0 aliphatic carbocycles. The van der Waals surface area contributed by atoms with Crippen molar-refractivity contribution >= 4 is 26.7 Å². The van der Waals surface area contributed by atoms with Crippen molar-refractivity contribution in [2.24, 2.45) is 0 Å². The van der Waals surface area contributed by atoms with Gasteiger partial charge in [0.25, 0.3) is 5.91 Å². The molecule has 6 nitrogen and oxygen atoms in total. The predicted octanol–water partition coefficient (Wildman–Crippen LogP) is 2.22. The molecule has 0 spiro atoms. The van der Waals surface area contributed by atoms with Gasteiger partial charge in [-0.1, -0.05) is 31.5 Å². The van der Waals surface area contributed by atoms with E-state index in [4.69, 9.17) is 4.42 Å². The highest BCUT2D eigenvalue weighted by atomic mass is 32.2. The van der Waals surface area contributed by atoms with E-state index in [1.165, 1.54) is 11.0 Å². The number of unbranched alkanes of at least 4 members (excludes halogenated alkanes) is 1. The van der Waals surface area contributed by atoms with E-state index >= 15 is 0 Å². The van der Waals surface area contributed by atoms with Crippen LogP contribution in [-0.4, -0.2) is 43.3 Å². The van der Waals surface area contributed by atoms with Gasteiger partial charge in [-0.05, 0) is 25.0 Å². The zero-order chi connectivity index (χ0) is 18.0. The van der Waals surface area contributed by atoms with Gasteiger partial charge in [-0.2, -0.15) is 0 Å². The molecule has 0 N–H and O–H groups in total. The van der Waals surface area contributed by atoms with E-state index in [9.17, 15) is 18.0 Å². The first-order valence-electron chi connectivity index (χ1n) is 8.45. The summed E-state index contributed by atoms with van der Waals surface area (Å²) in [5.41, 5.74) is -0.308. The summed E-state index contributed by atoms with van der Waals surface area (Å²) in [6.07, 6.45) is 2.04. The SMILES string of the molecule is CCCCN(C(=O)c1cc2ccccc2oc1=O)C1CCS(=O)(=O)C1. The molecule has 25 heavy (non-hydrogen) atoms. The van der Waals surface area contributed by atoms with Crippen LogP contribution < -0.4 is 5.63 Å². The Balaban J connectivity index is 1.97. The van der Waals surface area contributed by atoms with E-state index in [0.717, 1.165) is 12.8 Å². The Morgan fingerprint density at radius 1 is 1.32 bits per heavy atom. The van der Waals surface area contributed by atoms with Gasteiger partial charge in [-0.15, -0.1) is 0 Å². The standard InChI is InChI=1S/C18H21NO5S/c1-2-3-9-19(14-8-10-25(22,23)12-14)17(20)15-11-13-6-4-5-7-16(13)24-18(15)21/h4-7,11,14H,2-3,8-10,12H2,1H3. The number of rotatable bonds is 5. The fourth-order valence-corrected chi connectivity index (χ4v) is 4.90. The highest BCUT2D eigenvalue weighted by molar-refractivity contribution is 7.91. The van der Waals surface area contributed by atoms with Crippen molar-refractivity contribution in [2.45, 2.75) is 32.2 Å². The molecule has 1 amide bonds. The number of amides is 1. The van der Waals surface area contributed by atoms with Crippen LogP contribution in [0, 0.1) is 0 Å². The van der Waals surface area contributed by atoms with E-state index in [-0.39, 0.29) is 23.1 Å². The van der Waals surface area contributed by atoms with Gasteiger partial charge in [-0.3, -0.25) is 4.79 Å². The first kappa shape index (κ1) is 17.7. The van der Waals surface area contributed by atoms with Crippen molar-refractivity contribution in [2.75, 3.05) is 18.1 Å². The van der Waals surface area contributed by atoms with Gasteiger partial charge in [0.05, 0.1) is 11.5 Å². The maximum absolute atomic E-state index is 13.0. The number of fused-ring (bicyclic) bond motifs is 1. The molecular formula is C18H21NO5S. The largest absolute Gasteiger partial charge is 0.422 e. The van der Waals surface area contributed by atoms with Crippen molar-refractivity contribution in [3.63, 3.8) is 0 Å². The molecule has 1 fully saturated rings. The molecule has 1 aliphatic heterocycles. The molecule has 1 unspecified atom stereocenters. The molecule has 1 atom stereocenters. The first-order chi connectivity index (χ1) is 11.9. The Morgan fingerprint density at radius 2 is 2.08 bits per heavy atom. The normalized spacial score (nSPS) is 19.2. The first-order valence-corrected chi connectivity index (χ1v) is 10.3. The van der Waals surface area contributed by atoms with Gasteiger partial charge >= 0.3 is 5.63 Å². The van der Waals surface area contributed by atoms with Crippen LogP contribution in [0.4, 0.5) is 0 Å². The van der Waals surface area contributed by atoms with Gasteiger partial charge in [0.1, 0.15) is 11.1 Å². The number of nitrogens with zero attached hydrogens (tertiary/aromatic N) is 1. The summed E-state index contributed by atoms with van der Waals surface area (Å²) in [6, 6.07) is 8.15. The highest BCUT2D eigenvalue weighted by Crippen LogP contribution is 2.21. The summed E-state index contributed by atoms with van der Waals surface area (Å²) >= 11 is 0. The van der Waals surface area contributed by atoms with Crippen LogP contribution in [-0.2, 0) is 9.84 Å². The summed E-state index contributed by atoms with van der Waals surface area (Å²) in [6.45, 7) is 2.43. The summed E-state index contributed by atoms with van der Waals surface area (Å²) in [7, 11) is -3.12. The number of hydrogen-bond acceptors (Lipinski definition) is 5. The molecule has 0 saturated carbocycles. The Bertz CT molecular complexity index is 947. The van der Waals surface area contributed by atoms with Crippen molar-refractivity contribution in [1.29, 1.82) is 0 Å². The average molecular weight is 363 g/mol. The van der Waals surface area contributed by atoms with Crippen LogP contribution in [0.5, 0.6) is 0 Å². The zero-order valence-electron chi connectivity index (χ0n) is 14.1. The molecular weight excluding hydrogens is 342 g/mol. The van der Waals surface area contributed by atoms with E-state index in [1.807, 2.05) is 6.92 Å². The molecule has 1 aromatic heterocycles. The third-order valence-electron chi connectivity index (χ3n) is 4.53. The molecule has 2 aromatic rings. The van der Waals surface area contributed by atoms with E-state index < -0.39 is 21.4 Å². The average Bonchev–Trinajstić information content (AvgIpc) is 2.94. The van der Waals surface area contributed by atoms with Crippen LogP contribution in [0.2, 0.25) is 0 Å². The Morgan fingerprint density at radius 3 is 2.76 bits per heavy atom. The van der Waals surface area contributed by atoms with Crippen molar-refractivity contribution < 1.29 is 17.6 Å². The topological polar surface area (TPSA) is 84.7 Å². The second-order valence-corrected chi connectivity index (χ2v) is 8.62. The zero-order valence-corrected chi connectivity index (χ0v) is 14.9. The Labute approximate surface area is 146 Å². The van der Waals surface area contributed by atoms with Crippen LogP contribution in [0.25, 0.3) is 11.0 Å². The third kappa shape index (κ3) is 3.76. The van der Waals surface area contributed by atoms with Crippen molar-refractivity contribution in [1.82, 2.24) is 4.90 Å². The summed E-state index contributed by atoms with van der Waals surface area (Å²) in [4.78, 5) is 26.8. The van der Waals surface area contributed by atoms with E-state index in [2.05, 4.69) is 0 Å². The minimum absolute atomic E-state index is 0.0403. The second kappa shape index (κ2) is 7.00. The highest BCUT2D eigenvalue weighted by Gasteiger charge is 2.35. The maximum Gasteiger partial charge on any atom is 0.349 e. The Hall–Kier alpha value is -2.15. The monoisotopic (exact) mass is 363 g/mol. The molecule has 7 heteroatoms. The minimum atomic E-state index is -3.12. The van der Waals surface area contributed by atoms with Gasteiger partial charge in [0.2, 0.25) is 0 Å². The molecule has 2 heterocycles. The molecule has 1 saturated heterocycles. The quantitative estimate of drug-likeness (QED) is 0.761. The lowest BCUT2D eigenvalue weighted by Crippen LogP contribution is -2.43. The van der Waals surface area contributed by atoms with Crippen LogP contribution in [0.3, 0.4) is 0 Å². The van der Waals surface area contributed by atoms with Crippen molar-refractivity contribution in [3.05, 3.63) is 46.3 Å². The van der Waals surface area contributed by atoms with Gasteiger partial charge < -0.3 is 9.32 Å². The lowest BCUT2D eigenvalue weighted by atomic mass is 10.1. The lowest BCUT2D eigenvalue weighted by Gasteiger charge is -2.28. The fraction of sp³-hybridized carbons (Fsp3) is 0.444.